The standard InChI is InChI=1S/C19H19FN4O3S/c1-13(2)24-18(10-11-21-24)22-19(25)14-4-3-5-17(12-14)28(26,27)23-16-8-6-15(20)7-9-16/h3-13,23H,1-2H3,(H,22,25). The molecule has 146 valence electrons. The van der Waals surface area contributed by atoms with Crippen molar-refractivity contribution < 1.29 is 17.6 Å². The molecule has 0 saturated heterocycles. The number of amides is 1. The van der Waals surface area contributed by atoms with E-state index in [1.807, 2.05) is 13.8 Å². The number of nitrogens with zero attached hydrogens (tertiary/aromatic N) is 2. The first-order valence-corrected chi connectivity index (χ1v) is 9.98. The van der Waals surface area contributed by atoms with E-state index in [0.29, 0.717) is 5.82 Å². The topological polar surface area (TPSA) is 93.1 Å². The minimum Gasteiger partial charge on any atom is -0.307 e. The van der Waals surface area contributed by atoms with Gasteiger partial charge in [0.2, 0.25) is 0 Å². The number of halogens is 1. The summed E-state index contributed by atoms with van der Waals surface area (Å²) in [6.45, 7) is 3.86. The number of carbonyl (C=O) groups is 1. The Morgan fingerprint density at radius 2 is 1.82 bits per heavy atom. The van der Waals surface area contributed by atoms with Crippen LogP contribution in [0.1, 0.15) is 30.2 Å². The zero-order valence-electron chi connectivity index (χ0n) is 15.3. The molecule has 9 heteroatoms. The highest BCUT2D eigenvalue weighted by Crippen LogP contribution is 2.19. The fourth-order valence-corrected chi connectivity index (χ4v) is 3.65. The van der Waals surface area contributed by atoms with Crippen LogP contribution in [0, 0.1) is 5.82 Å². The largest absolute Gasteiger partial charge is 0.307 e. The van der Waals surface area contributed by atoms with Crippen molar-refractivity contribution in [1.29, 1.82) is 0 Å². The molecule has 7 nitrogen and oxygen atoms in total. The molecule has 0 bridgehead atoms. The van der Waals surface area contributed by atoms with E-state index < -0.39 is 21.7 Å². The van der Waals surface area contributed by atoms with Crippen LogP contribution in [0.3, 0.4) is 0 Å². The van der Waals surface area contributed by atoms with E-state index in [9.17, 15) is 17.6 Å². The van der Waals surface area contributed by atoms with Crippen LogP contribution >= 0.6 is 0 Å². The number of sulfonamides is 1. The Labute approximate surface area is 162 Å². The third-order valence-electron chi connectivity index (χ3n) is 3.90. The first-order chi connectivity index (χ1) is 13.3. The molecule has 0 radical (unpaired) electrons. The zero-order chi connectivity index (χ0) is 20.3. The van der Waals surface area contributed by atoms with Crippen molar-refractivity contribution in [2.24, 2.45) is 0 Å². The quantitative estimate of drug-likeness (QED) is 0.658. The summed E-state index contributed by atoms with van der Waals surface area (Å²) in [5.74, 6) is -0.416. The summed E-state index contributed by atoms with van der Waals surface area (Å²) in [6, 6.07) is 12.3. The molecule has 0 atom stereocenters. The molecular weight excluding hydrogens is 383 g/mol. The molecule has 2 N–H and O–H groups in total. The predicted octanol–water partition coefficient (Wildman–Crippen LogP) is 3.66. The molecule has 1 heterocycles. The van der Waals surface area contributed by atoms with Crippen LogP contribution in [0.4, 0.5) is 15.9 Å². The van der Waals surface area contributed by atoms with Gasteiger partial charge in [0.25, 0.3) is 15.9 Å². The molecule has 2 aromatic carbocycles. The van der Waals surface area contributed by atoms with Gasteiger partial charge in [-0.05, 0) is 56.3 Å². The maximum absolute atomic E-state index is 13.0. The lowest BCUT2D eigenvalue weighted by molar-refractivity contribution is 0.102. The summed E-state index contributed by atoms with van der Waals surface area (Å²) in [7, 11) is -3.94. The lowest BCUT2D eigenvalue weighted by atomic mass is 10.2. The van der Waals surface area contributed by atoms with Crippen LogP contribution in [0.25, 0.3) is 0 Å². The molecule has 1 aromatic heterocycles. The van der Waals surface area contributed by atoms with Crippen molar-refractivity contribution >= 4 is 27.4 Å². The lowest BCUT2D eigenvalue weighted by Crippen LogP contribution is -2.18. The predicted molar refractivity (Wildman–Crippen MR) is 104 cm³/mol. The molecular formula is C19H19FN4O3S. The first-order valence-electron chi connectivity index (χ1n) is 8.49. The van der Waals surface area contributed by atoms with Crippen LogP contribution in [0.5, 0.6) is 0 Å². The van der Waals surface area contributed by atoms with E-state index in [-0.39, 0.29) is 22.2 Å². The molecule has 0 aliphatic heterocycles. The van der Waals surface area contributed by atoms with Gasteiger partial charge in [-0.25, -0.2) is 17.5 Å². The van der Waals surface area contributed by atoms with Crippen LogP contribution in [0.15, 0.2) is 65.7 Å². The summed E-state index contributed by atoms with van der Waals surface area (Å²) in [5.41, 5.74) is 0.399. The highest BCUT2D eigenvalue weighted by Gasteiger charge is 2.17. The van der Waals surface area contributed by atoms with E-state index in [1.54, 1.807) is 16.9 Å². The van der Waals surface area contributed by atoms with Crippen molar-refractivity contribution in [2.75, 3.05) is 10.0 Å². The van der Waals surface area contributed by atoms with Gasteiger partial charge in [-0.1, -0.05) is 6.07 Å². The lowest BCUT2D eigenvalue weighted by Gasteiger charge is -2.12. The number of hydrogen-bond acceptors (Lipinski definition) is 4. The Balaban J connectivity index is 1.82. The zero-order valence-corrected chi connectivity index (χ0v) is 16.1. The van der Waals surface area contributed by atoms with Crippen molar-refractivity contribution in [1.82, 2.24) is 9.78 Å². The molecule has 0 spiro atoms. The van der Waals surface area contributed by atoms with E-state index in [0.717, 1.165) is 12.1 Å². The van der Waals surface area contributed by atoms with E-state index in [4.69, 9.17) is 0 Å². The molecule has 28 heavy (non-hydrogen) atoms. The SMILES string of the molecule is CC(C)n1nccc1NC(=O)c1cccc(S(=O)(=O)Nc2ccc(F)cc2)c1. The number of anilines is 2. The highest BCUT2D eigenvalue weighted by molar-refractivity contribution is 7.92. The van der Waals surface area contributed by atoms with Gasteiger partial charge in [0, 0.05) is 23.4 Å². The van der Waals surface area contributed by atoms with Crippen molar-refractivity contribution in [3.63, 3.8) is 0 Å². The second kappa shape index (κ2) is 7.81. The van der Waals surface area contributed by atoms with Crippen LogP contribution in [0.2, 0.25) is 0 Å². The third kappa shape index (κ3) is 4.37. The summed E-state index contributed by atoms with van der Waals surface area (Å²) in [4.78, 5) is 12.5. The number of benzene rings is 2. The van der Waals surface area contributed by atoms with E-state index >= 15 is 0 Å². The van der Waals surface area contributed by atoms with Gasteiger partial charge in [0.05, 0.1) is 11.1 Å². The molecule has 3 rings (SSSR count). The van der Waals surface area contributed by atoms with E-state index in [1.165, 1.54) is 36.4 Å². The van der Waals surface area contributed by atoms with Crippen molar-refractivity contribution in [2.45, 2.75) is 24.8 Å². The second-order valence-corrected chi connectivity index (χ2v) is 8.03. The fourth-order valence-electron chi connectivity index (χ4n) is 2.55. The molecule has 1 amide bonds. The fraction of sp³-hybridized carbons (Fsp3) is 0.158. The number of nitrogens with one attached hydrogen (secondary N) is 2. The average molecular weight is 402 g/mol. The van der Waals surface area contributed by atoms with Gasteiger partial charge < -0.3 is 5.32 Å². The first kappa shape index (κ1) is 19.6. The van der Waals surface area contributed by atoms with Crippen molar-refractivity contribution in [3.8, 4) is 0 Å². The molecule has 3 aromatic rings. The van der Waals surface area contributed by atoms with Gasteiger partial charge in [0.15, 0.2) is 0 Å². The average Bonchev–Trinajstić information content (AvgIpc) is 3.12. The normalized spacial score (nSPS) is 11.4. The Morgan fingerprint density at radius 1 is 1.11 bits per heavy atom. The summed E-state index contributed by atoms with van der Waals surface area (Å²) in [5, 5.41) is 6.87. The van der Waals surface area contributed by atoms with Crippen LogP contribution < -0.4 is 10.0 Å². The van der Waals surface area contributed by atoms with Gasteiger partial charge in [-0.15, -0.1) is 0 Å². The Hall–Kier alpha value is -3.20. The summed E-state index contributed by atoms with van der Waals surface area (Å²) >= 11 is 0. The Bertz CT molecular complexity index is 1090. The maximum Gasteiger partial charge on any atom is 0.261 e. The Kier molecular flexibility index (Phi) is 5.46. The number of aromatic nitrogens is 2. The molecule has 0 aliphatic rings. The maximum atomic E-state index is 13.0. The third-order valence-corrected chi connectivity index (χ3v) is 5.28. The number of carbonyl (C=O) groups excluding carboxylic acids is 1. The molecule has 0 fully saturated rings. The van der Waals surface area contributed by atoms with Crippen LogP contribution in [-0.2, 0) is 10.0 Å². The highest BCUT2D eigenvalue weighted by atomic mass is 32.2. The summed E-state index contributed by atoms with van der Waals surface area (Å²) < 4.78 is 42.1. The number of hydrogen-bond donors (Lipinski definition) is 2. The van der Waals surface area contributed by atoms with Gasteiger partial charge in [0.1, 0.15) is 11.6 Å². The van der Waals surface area contributed by atoms with Crippen LogP contribution in [-0.4, -0.2) is 24.1 Å². The van der Waals surface area contributed by atoms with E-state index in [2.05, 4.69) is 15.1 Å². The smallest absolute Gasteiger partial charge is 0.261 e. The Morgan fingerprint density at radius 3 is 2.50 bits per heavy atom. The van der Waals surface area contributed by atoms with Gasteiger partial charge in [-0.2, -0.15) is 5.10 Å². The molecule has 0 unspecified atom stereocenters. The summed E-state index contributed by atoms with van der Waals surface area (Å²) in [6.07, 6.45) is 1.57. The minimum absolute atomic E-state index is 0.0527. The van der Waals surface area contributed by atoms with Gasteiger partial charge >= 0.3 is 0 Å². The monoisotopic (exact) mass is 402 g/mol. The number of rotatable bonds is 6. The van der Waals surface area contributed by atoms with Gasteiger partial charge in [-0.3, -0.25) is 9.52 Å². The molecule has 0 saturated carbocycles. The van der Waals surface area contributed by atoms with Crippen molar-refractivity contribution in [3.05, 3.63) is 72.2 Å². The molecule has 0 aliphatic carbocycles. The second-order valence-electron chi connectivity index (χ2n) is 6.35. The minimum atomic E-state index is -3.94.